The van der Waals surface area contributed by atoms with Gasteiger partial charge in [0.2, 0.25) is 0 Å². The number of ether oxygens (including phenoxy) is 1. The fourth-order valence-electron chi connectivity index (χ4n) is 2.39. The van der Waals surface area contributed by atoms with Crippen LogP contribution in [0.2, 0.25) is 0 Å². The predicted octanol–water partition coefficient (Wildman–Crippen LogP) is 3.11. The van der Waals surface area contributed by atoms with Crippen molar-refractivity contribution in [2.24, 2.45) is 0 Å². The van der Waals surface area contributed by atoms with Gasteiger partial charge in [-0.1, -0.05) is 36.4 Å². The van der Waals surface area contributed by atoms with E-state index in [1.54, 1.807) is 60.3 Å². The van der Waals surface area contributed by atoms with Crippen molar-refractivity contribution in [3.63, 3.8) is 0 Å². The second-order valence-electron chi connectivity index (χ2n) is 6.11. The van der Waals surface area contributed by atoms with E-state index in [2.05, 4.69) is 10.6 Å². The van der Waals surface area contributed by atoms with Gasteiger partial charge in [-0.2, -0.15) is 11.8 Å². The van der Waals surface area contributed by atoms with Crippen LogP contribution in [0.15, 0.2) is 60.7 Å². The van der Waals surface area contributed by atoms with E-state index in [0.29, 0.717) is 23.4 Å². The van der Waals surface area contributed by atoms with E-state index in [0.717, 1.165) is 0 Å². The Kier molecular flexibility index (Phi) is 8.55. The maximum atomic E-state index is 12.6. The molecule has 2 rings (SSSR count). The number of carbonyl (C=O) groups excluding carboxylic acids is 3. The lowest BCUT2D eigenvalue weighted by molar-refractivity contribution is -0.155. The van der Waals surface area contributed by atoms with Crippen molar-refractivity contribution >= 4 is 35.2 Å². The number of hydrogen-bond donors (Lipinski definition) is 2. The van der Waals surface area contributed by atoms with Crippen LogP contribution in [0.5, 0.6) is 0 Å². The van der Waals surface area contributed by atoms with Gasteiger partial charge in [0, 0.05) is 11.3 Å². The van der Waals surface area contributed by atoms with Crippen LogP contribution in [-0.4, -0.2) is 41.9 Å². The minimum atomic E-state index is -0.988. The summed E-state index contributed by atoms with van der Waals surface area (Å²) in [5, 5.41) is 5.39. The van der Waals surface area contributed by atoms with Crippen LogP contribution in [0.4, 0.5) is 5.69 Å². The SMILES string of the molecule is CSCC[C@H](NC(=O)c1ccccc1)C(=O)O[C@@H](C)C(=O)Nc1ccccc1. The van der Waals surface area contributed by atoms with Gasteiger partial charge in [0.05, 0.1) is 0 Å². The molecule has 0 unspecified atom stereocenters. The Balaban J connectivity index is 1.97. The minimum absolute atomic E-state index is 0.356. The fourth-order valence-corrected chi connectivity index (χ4v) is 2.86. The monoisotopic (exact) mass is 400 g/mol. The van der Waals surface area contributed by atoms with Gasteiger partial charge < -0.3 is 15.4 Å². The average Bonchev–Trinajstić information content (AvgIpc) is 2.72. The molecule has 0 aliphatic carbocycles. The molecular formula is C21H24N2O4S. The van der Waals surface area contributed by atoms with E-state index in [4.69, 9.17) is 4.74 Å². The average molecular weight is 401 g/mol. The first-order valence-corrected chi connectivity index (χ1v) is 10.3. The van der Waals surface area contributed by atoms with Gasteiger partial charge in [-0.25, -0.2) is 4.79 Å². The van der Waals surface area contributed by atoms with Gasteiger partial charge in [0.1, 0.15) is 6.04 Å². The molecule has 2 aromatic rings. The number of rotatable bonds is 9. The van der Waals surface area contributed by atoms with Crippen molar-refractivity contribution in [1.82, 2.24) is 5.32 Å². The highest BCUT2D eigenvalue weighted by atomic mass is 32.2. The number of nitrogens with one attached hydrogen (secondary N) is 2. The Labute approximate surface area is 169 Å². The van der Waals surface area contributed by atoms with Crippen LogP contribution >= 0.6 is 11.8 Å². The number of esters is 1. The highest BCUT2D eigenvalue weighted by Crippen LogP contribution is 2.09. The molecule has 2 amide bonds. The number of hydrogen-bond acceptors (Lipinski definition) is 5. The molecule has 0 aliphatic rings. The fraction of sp³-hybridized carbons (Fsp3) is 0.286. The first-order chi connectivity index (χ1) is 13.5. The Bertz CT molecular complexity index is 784. The smallest absolute Gasteiger partial charge is 0.329 e. The Morgan fingerprint density at radius 1 is 1.00 bits per heavy atom. The zero-order valence-electron chi connectivity index (χ0n) is 15.9. The maximum Gasteiger partial charge on any atom is 0.329 e. The summed E-state index contributed by atoms with van der Waals surface area (Å²) in [6.45, 7) is 1.50. The zero-order chi connectivity index (χ0) is 20.4. The summed E-state index contributed by atoms with van der Waals surface area (Å²) in [6.07, 6.45) is 1.33. The van der Waals surface area contributed by atoms with Gasteiger partial charge in [-0.3, -0.25) is 9.59 Å². The van der Waals surface area contributed by atoms with Gasteiger partial charge in [0.15, 0.2) is 6.10 Å². The number of anilines is 1. The summed E-state index contributed by atoms with van der Waals surface area (Å²) in [4.78, 5) is 37.2. The van der Waals surface area contributed by atoms with Crippen molar-refractivity contribution in [2.75, 3.05) is 17.3 Å². The second kappa shape index (κ2) is 11.1. The molecule has 0 saturated heterocycles. The lowest BCUT2D eigenvalue weighted by atomic mass is 10.1. The van der Waals surface area contributed by atoms with Crippen molar-refractivity contribution in [2.45, 2.75) is 25.5 Å². The van der Waals surface area contributed by atoms with Crippen molar-refractivity contribution < 1.29 is 19.1 Å². The van der Waals surface area contributed by atoms with Crippen LogP contribution < -0.4 is 10.6 Å². The molecule has 2 atom stereocenters. The molecule has 0 saturated carbocycles. The second-order valence-corrected chi connectivity index (χ2v) is 7.09. The van der Waals surface area contributed by atoms with Crippen LogP contribution in [0.25, 0.3) is 0 Å². The van der Waals surface area contributed by atoms with Gasteiger partial charge in [-0.05, 0) is 49.6 Å². The first-order valence-electron chi connectivity index (χ1n) is 8.92. The van der Waals surface area contributed by atoms with E-state index < -0.39 is 24.0 Å². The van der Waals surface area contributed by atoms with Crippen molar-refractivity contribution in [3.8, 4) is 0 Å². The van der Waals surface area contributed by atoms with E-state index in [9.17, 15) is 14.4 Å². The van der Waals surface area contributed by atoms with E-state index >= 15 is 0 Å². The Morgan fingerprint density at radius 2 is 1.61 bits per heavy atom. The summed E-state index contributed by atoms with van der Waals surface area (Å²) in [5.74, 6) is -0.754. The predicted molar refractivity (Wildman–Crippen MR) is 111 cm³/mol. The molecule has 0 bridgehead atoms. The number of carbonyl (C=O) groups is 3. The highest BCUT2D eigenvalue weighted by Gasteiger charge is 2.26. The van der Waals surface area contributed by atoms with Crippen LogP contribution in [-0.2, 0) is 14.3 Å². The van der Waals surface area contributed by atoms with Gasteiger partial charge >= 0.3 is 5.97 Å². The molecule has 0 heterocycles. The van der Waals surface area contributed by atoms with E-state index in [1.165, 1.54) is 6.92 Å². The minimum Gasteiger partial charge on any atom is -0.451 e. The van der Waals surface area contributed by atoms with Crippen LogP contribution in [0.1, 0.15) is 23.7 Å². The largest absolute Gasteiger partial charge is 0.451 e. The normalized spacial score (nSPS) is 12.5. The van der Waals surface area contributed by atoms with E-state index in [-0.39, 0.29) is 5.91 Å². The molecule has 0 aliphatic heterocycles. The number of para-hydroxylation sites is 1. The lowest BCUT2D eigenvalue weighted by Gasteiger charge is -2.20. The third kappa shape index (κ3) is 6.74. The Morgan fingerprint density at radius 3 is 2.21 bits per heavy atom. The number of amides is 2. The first kappa shape index (κ1) is 21.5. The van der Waals surface area contributed by atoms with Crippen molar-refractivity contribution in [3.05, 3.63) is 66.2 Å². The Hall–Kier alpha value is -2.80. The van der Waals surface area contributed by atoms with Gasteiger partial charge in [-0.15, -0.1) is 0 Å². The quantitative estimate of drug-likeness (QED) is 0.632. The summed E-state index contributed by atoms with van der Waals surface area (Å²) in [7, 11) is 0. The topological polar surface area (TPSA) is 84.5 Å². The van der Waals surface area contributed by atoms with Crippen LogP contribution in [0.3, 0.4) is 0 Å². The molecule has 7 heteroatoms. The summed E-state index contributed by atoms with van der Waals surface area (Å²) in [6, 6.07) is 16.7. The van der Waals surface area contributed by atoms with Crippen molar-refractivity contribution in [1.29, 1.82) is 0 Å². The summed E-state index contributed by atoms with van der Waals surface area (Å²) in [5.41, 5.74) is 1.08. The summed E-state index contributed by atoms with van der Waals surface area (Å²) >= 11 is 1.56. The standard InChI is InChI=1S/C21H24N2O4S/c1-15(19(24)22-17-11-7-4-8-12-17)27-21(26)18(13-14-28-2)23-20(25)16-9-5-3-6-10-16/h3-12,15,18H,13-14H2,1-2H3,(H,22,24)(H,23,25)/t15-,18-/m0/s1. The molecule has 0 spiro atoms. The maximum absolute atomic E-state index is 12.6. The number of benzene rings is 2. The molecule has 0 aromatic heterocycles. The van der Waals surface area contributed by atoms with E-state index in [1.807, 2.05) is 18.4 Å². The molecule has 28 heavy (non-hydrogen) atoms. The lowest BCUT2D eigenvalue weighted by Crippen LogP contribution is -2.44. The molecule has 148 valence electrons. The number of thioether (sulfide) groups is 1. The van der Waals surface area contributed by atoms with Gasteiger partial charge in [0.25, 0.3) is 11.8 Å². The third-order valence-electron chi connectivity index (χ3n) is 3.94. The molecule has 6 nitrogen and oxygen atoms in total. The van der Waals surface area contributed by atoms with Crippen LogP contribution in [0, 0.1) is 0 Å². The molecule has 0 fully saturated rings. The summed E-state index contributed by atoms with van der Waals surface area (Å²) < 4.78 is 5.31. The molecule has 2 N–H and O–H groups in total. The zero-order valence-corrected chi connectivity index (χ0v) is 16.7. The molecule has 0 radical (unpaired) electrons. The molecule has 2 aromatic carbocycles. The third-order valence-corrected chi connectivity index (χ3v) is 4.58. The highest BCUT2D eigenvalue weighted by molar-refractivity contribution is 7.98. The molecular weight excluding hydrogens is 376 g/mol.